The molecule has 3 rings (SSSR count). The summed E-state index contributed by atoms with van der Waals surface area (Å²) in [7, 11) is 1.30. The molecule has 0 spiro atoms. The van der Waals surface area contributed by atoms with Crippen molar-refractivity contribution in [3.63, 3.8) is 0 Å². The lowest BCUT2D eigenvalue weighted by Gasteiger charge is -2.07. The first kappa shape index (κ1) is 21.3. The number of aromatic nitrogens is 1. The number of esters is 1. The molecule has 0 saturated carbocycles. The van der Waals surface area contributed by atoms with E-state index in [1.54, 1.807) is 24.3 Å². The fourth-order valence-corrected chi connectivity index (χ4v) is 3.19. The predicted octanol–water partition coefficient (Wildman–Crippen LogP) is 3.76. The maximum atomic E-state index is 12.3. The van der Waals surface area contributed by atoms with Crippen molar-refractivity contribution in [1.29, 1.82) is 0 Å². The van der Waals surface area contributed by atoms with Crippen LogP contribution >= 0.6 is 11.3 Å². The van der Waals surface area contributed by atoms with Gasteiger partial charge in [-0.25, -0.2) is 9.78 Å². The van der Waals surface area contributed by atoms with Crippen LogP contribution in [0, 0.1) is 6.92 Å². The number of methoxy groups -OCH3 is 1. The van der Waals surface area contributed by atoms with Gasteiger partial charge in [0.15, 0.2) is 6.61 Å². The van der Waals surface area contributed by atoms with Crippen LogP contribution < -0.4 is 14.8 Å². The number of carbonyl (C=O) groups excluding carboxylic acids is 2. The highest BCUT2D eigenvalue weighted by atomic mass is 32.1. The van der Waals surface area contributed by atoms with Crippen LogP contribution in [0.1, 0.15) is 16.3 Å². The lowest BCUT2D eigenvalue weighted by molar-refractivity contribution is -0.142. The maximum Gasteiger partial charge on any atom is 0.343 e. The van der Waals surface area contributed by atoms with Gasteiger partial charge >= 0.3 is 5.97 Å². The van der Waals surface area contributed by atoms with Gasteiger partial charge in [0.25, 0.3) is 0 Å². The average molecular weight is 426 g/mol. The van der Waals surface area contributed by atoms with Crippen molar-refractivity contribution in [3.8, 4) is 11.5 Å². The molecule has 3 aromatic rings. The molecule has 8 heteroatoms. The van der Waals surface area contributed by atoms with E-state index in [9.17, 15) is 9.59 Å². The number of ether oxygens (including phenoxy) is 3. The molecule has 0 aliphatic carbocycles. The molecule has 2 aromatic carbocycles. The number of rotatable bonds is 9. The van der Waals surface area contributed by atoms with Gasteiger partial charge in [-0.05, 0) is 43.3 Å². The summed E-state index contributed by atoms with van der Waals surface area (Å²) in [4.78, 5) is 27.8. The first-order valence-electron chi connectivity index (χ1n) is 9.24. The van der Waals surface area contributed by atoms with Crippen molar-refractivity contribution in [3.05, 3.63) is 70.2 Å². The Bertz CT molecular complexity index is 984. The van der Waals surface area contributed by atoms with Gasteiger partial charge < -0.3 is 19.5 Å². The van der Waals surface area contributed by atoms with Crippen molar-refractivity contribution < 1.29 is 23.8 Å². The van der Waals surface area contributed by atoms with Crippen LogP contribution in [0.4, 0.5) is 5.69 Å². The van der Waals surface area contributed by atoms with Crippen LogP contribution in [0.5, 0.6) is 11.5 Å². The Hall–Kier alpha value is -3.39. The highest BCUT2D eigenvalue weighted by Crippen LogP contribution is 2.18. The zero-order chi connectivity index (χ0) is 21.3. The summed E-state index contributed by atoms with van der Waals surface area (Å²) in [5.74, 6) is 0.666. The number of hydrogen-bond donors (Lipinski definition) is 1. The molecule has 0 bridgehead atoms. The second kappa shape index (κ2) is 10.4. The molecule has 1 amide bonds. The van der Waals surface area contributed by atoms with E-state index in [1.165, 1.54) is 24.0 Å². The number of amides is 1. The third-order valence-electron chi connectivity index (χ3n) is 4.05. The highest BCUT2D eigenvalue weighted by molar-refractivity contribution is 7.09. The molecule has 0 saturated heterocycles. The average Bonchev–Trinajstić information content (AvgIpc) is 3.19. The third kappa shape index (κ3) is 6.59. The molecule has 0 radical (unpaired) electrons. The Morgan fingerprint density at radius 1 is 1.00 bits per heavy atom. The summed E-state index contributed by atoms with van der Waals surface area (Å²) in [6, 6.07) is 14.6. The number of hydrogen-bond acceptors (Lipinski definition) is 7. The van der Waals surface area contributed by atoms with Crippen LogP contribution in [0.25, 0.3) is 0 Å². The van der Waals surface area contributed by atoms with Gasteiger partial charge in [-0.3, -0.25) is 4.79 Å². The van der Waals surface area contributed by atoms with Gasteiger partial charge in [-0.2, -0.15) is 0 Å². The minimum absolute atomic E-state index is 0.165. The van der Waals surface area contributed by atoms with Crippen molar-refractivity contribution in [1.82, 2.24) is 4.98 Å². The number of benzene rings is 2. The van der Waals surface area contributed by atoms with Crippen LogP contribution in [-0.2, 0) is 27.4 Å². The van der Waals surface area contributed by atoms with Gasteiger partial charge in [-0.1, -0.05) is 17.7 Å². The van der Waals surface area contributed by atoms with E-state index >= 15 is 0 Å². The first-order chi connectivity index (χ1) is 14.5. The Labute approximate surface area is 178 Å². The topological polar surface area (TPSA) is 86.8 Å². The molecule has 30 heavy (non-hydrogen) atoms. The van der Waals surface area contributed by atoms with Gasteiger partial charge in [-0.15, -0.1) is 11.3 Å². The Morgan fingerprint density at radius 2 is 1.67 bits per heavy atom. The van der Waals surface area contributed by atoms with Gasteiger partial charge in [0.05, 0.1) is 19.2 Å². The molecule has 0 unspecified atom stereocenters. The number of thiazole rings is 1. The first-order valence-corrected chi connectivity index (χ1v) is 10.1. The number of nitrogens with one attached hydrogen (secondary N) is 1. The summed E-state index contributed by atoms with van der Waals surface area (Å²) >= 11 is 1.46. The predicted molar refractivity (Wildman–Crippen MR) is 114 cm³/mol. The number of aryl methyl sites for hydroxylation is 1. The fraction of sp³-hybridized carbons (Fsp3) is 0.227. The number of nitrogens with zero attached hydrogens (tertiary/aromatic N) is 1. The molecule has 0 aliphatic heterocycles. The van der Waals surface area contributed by atoms with E-state index in [0.717, 1.165) is 10.8 Å². The van der Waals surface area contributed by atoms with Crippen LogP contribution in [-0.4, -0.2) is 30.6 Å². The van der Waals surface area contributed by atoms with Gasteiger partial charge in [0, 0.05) is 11.1 Å². The summed E-state index contributed by atoms with van der Waals surface area (Å²) in [5.41, 5.74) is 2.50. The molecule has 1 N–H and O–H groups in total. The molecule has 0 aliphatic rings. The zero-order valence-electron chi connectivity index (χ0n) is 16.7. The van der Waals surface area contributed by atoms with Crippen molar-refractivity contribution in [2.75, 3.05) is 19.0 Å². The third-order valence-corrected chi connectivity index (χ3v) is 4.92. The van der Waals surface area contributed by atoms with E-state index in [1.807, 2.05) is 36.6 Å². The molecular formula is C22H22N2O5S. The minimum atomic E-state index is -0.459. The van der Waals surface area contributed by atoms with Crippen LogP contribution in [0.15, 0.2) is 53.9 Å². The summed E-state index contributed by atoms with van der Waals surface area (Å²) in [5, 5.41) is 5.48. The molecule has 1 aromatic heterocycles. The SMILES string of the molecule is COC(=O)COc1ccc(NC(=O)Cc2csc(COc3ccc(C)cc3)n2)cc1. The van der Waals surface area contributed by atoms with E-state index in [0.29, 0.717) is 23.7 Å². The Balaban J connectivity index is 1.45. The minimum Gasteiger partial charge on any atom is -0.486 e. The number of anilines is 1. The smallest absolute Gasteiger partial charge is 0.343 e. The van der Waals surface area contributed by atoms with Crippen molar-refractivity contribution >= 4 is 28.9 Å². The second-order valence-corrected chi connectivity index (χ2v) is 7.39. The highest BCUT2D eigenvalue weighted by Gasteiger charge is 2.09. The summed E-state index contributed by atoms with van der Waals surface area (Å²) in [6.07, 6.45) is 0.168. The lowest BCUT2D eigenvalue weighted by atomic mass is 10.2. The van der Waals surface area contributed by atoms with E-state index in [4.69, 9.17) is 9.47 Å². The standard InChI is InChI=1S/C22H22N2O5S/c1-15-3-7-18(8-4-15)28-12-21-24-17(14-30-21)11-20(25)23-16-5-9-19(10-6-16)29-13-22(26)27-2/h3-10,14H,11-13H2,1-2H3,(H,23,25). The fourth-order valence-electron chi connectivity index (χ4n) is 2.48. The molecular weight excluding hydrogens is 404 g/mol. The monoisotopic (exact) mass is 426 g/mol. The zero-order valence-corrected chi connectivity index (χ0v) is 17.5. The quantitative estimate of drug-likeness (QED) is 0.524. The molecule has 7 nitrogen and oxygen atoms in total. The van der Waals surface area contributed by atoms with Crippen molar-refractivity contribution in [2.45, 2.75) is 20.0 Å². The second-order valence-electron chi connectivity index (χ2n) is 6.45. The van der Waals surface area contributed by atoms with E-state index in [-0.39, 0.29) is 18.9 Å². The molecule has 1 heterocycles. The number of carbonyl (C=O) groups is 2. The van der Waals surface area contributed by atoms with Crippen molar-refractivity contribution in [2.24, 2.45) is 0 Å². The molecule has 156 valence electrons. The lowest BCUT2D eigenvalue weighted by Crippen LogP contribution is -2.15. The van der Waals surface area contributed by atoms with E-state index in [2.05, 4.69) is 15.0 Å². The Morgan fingerprint density at radius 3 is 2.37 bits per heavy atom. The maximum absolute atomic E-state index is 12.3. The molecule has 0 fully saturated rings. The van der Waals surface area contributed by atoms with Crippen LogP contribution in [0.3, 0.4) is 0 Å². The summed E-state index contributed by atoms with van der Waals surface area (Å²) in [6.45, 7) is 2.22. The van der Waals surface area contributed by atoms with Gasteiger partial charge in [0.2, 0.25) is 5.91 Å². The largest absolute Gasteiger partial charge is 0.486 e. The van der Waals surface area contributed by atoms with E-state index < -0.39 is 5.97 Å². The Kier molecular flexibility index (Phi) is 7.40. The van der Waals surface area contributed by atoms with Crippen LogP contribution in [0.2, 0.25) is 0 Å². The molecule has 0 atom stereocenters. The van der Waals surface area contributed by atoms with Gasteiger partial charge in [0.1, 0.15) is 23.1 Å². The normalized spacial score (nSPS) is 10.3. The summed E-state index contributed by atoms with van der Waals surface area (Å²) < 4.78 is 15.5.